The quantitative estimate of drug-likeness (QED) is 0.243. The lowest BCUT2D eigenvalue weighted by molar-refractivity contribution is -0.135. The lowest BCUT2D eigenvalue weighted by Crippen LogP contribution is -2.29. The number of benzene rings is 3. The zero-order valence-corrected chi connectivity index (χ0v) is 19.6. The third kappa shape index (κ3) is 3.40. The van der Waals surface area contributed by atoms with Gasteiger partial charge in [-0.25, -0.2) is 0 Å². The van der Waals surface area contributed by atoms with Crippen LogP contribution in [-0.2, 0) is 11.8 Å². The van der Waals surface area contributed by atoms with Gasteiger partial charge in [0.15, 0.2) is 5.76 Å². The molecule has 1 unspecified atom stereocenters. The van der Waals surface area contributed by atoms with Crippen LogP contribution in [0.25, 0.3) is 17.0 Å². The Hall–Kier alpha value is -4.65. The van der Waals surface area contributed by atoms with E-state index in [1.54, 1.807) is 49.1 Å². The number of esters is 1. The Balaban J connectivity index is 1.49. The minimum atomic E-state index is -0.618. The Morgan fingerprint density at radius 3 is 2.53 bits per heavy atom. The molecule has 7 nitrogen and oxygen atoms in total. The highest BCUT2D eigenvalue weighted by atomic mass is 16.5. The summed E-state index contributed by atoms with van der Waals surface area (Å²) in [5, 5.41) is 0.875. The molecule has 36 heavy (non-hydrogen) atoms. The second-order valence-corrected chi connectivity index (χ2v) is 8.82. The van der Waals surface area contributed by atoms with Crippen molar-refractivity contribution in [2.75, 3.05) is 7.11 Å². The molecule has 1 atom stereocenters. The lowest BCUT2D eigenvalue weighted by Gasteiger charge is -2.26. The summed E-state index contributed by atoms with van der Waals surface area (Å²) in [6.45, 7) is 0. The van der Waals surface area contributed by atoms with Crippen molar-refractivity contribution in [2.45, 2.75) is 12.3 Å². The molecular formula is C29H21NO6. The molecule has 7 heteroatoms. The van der Waals surface area contributed by atoms with Crippen molar-refractivity contribution < 1.29 is 23.8 Å². The number of methoxy groups -OCH3 is 1. The smallest absolute Gasteiger partial charge is 0.312 e. The Morgan fingerprint density at radius 1 is 0.972 bits per heavy atom. The first-order valence-corrected chi connectivity index (χ1v) is 11.5. The average molecular weight is 479 g/mol. The predicted octanol–water partition coefficient (Wildman–Crippen LogP) is 4.60. The second kappa shape index (κ2) is 8.23. The molecule has 4 aromatic rings. The fourth-order valence-corrected chi connectivity index (χ4v) is 4.92. The molecule has 178 valence electrons. The van der Waals surface area contributed by atoms with E-state index in [0.717, 1.165) is 16.5 Å². The fourth-order valence-electron chi connectivity index (χ4n) is 4.92. The highest BCUT2D eigenvalue weighted by Gasteiger charge is 2.39. The molecule has 3 heterocycles. The van der Waals surface area contributed by atoms with Crippen LogP contribution in [0.3, 0.4) is 0 Å². The van der Waals surface area contributed by atoms with Crippen LogP contribution < -0.4 is 19.8 Å². The number of hydrogen-bond donors (Lipinski definition) is 0. The van der Waals surface area contributed by atoms with E-state index in [2.05, 4.69) is 0 Å². The zero-order chi connectivity index (χ0) is 25.0. The maximum Gasteiger partial charge on any atom is 0.312 e. The van der Waals surface area contributed by atoms with Crippen LogP contribution in [0.1, 0.15) is 39.4 Å². The Kier molecular flexibility index (Phi) is 5.00. The van der Waals surface area contributed by atoms with E-state index in [1.165, 1.54) is 0 Å². The Labute approximate surface area is 206 Å². The molecule has 0 saturated carbocycles. The monoisotopic (exact) mass is 479 g/mol. The number of para-hydroxylation sites is 1. The van der Waals surface area contributed by atoms with Gasteiger partial charge in [0.05, 0.1) is 24.6 Å². The molecule has 1 aromatic heterocycles. The molecular weight excluding hydrogens is 458 g/mol. The molecule has 2 aliphatic rings. The van der Waals surface area contributed by atoms with Crippen molar-refractivity contribution in [1.82, 2.24) is 4.57 Å². The van der Waals surface area contributed by atoms with Gasteiger partial charge < -0.3 is 18.8 Å². The minimum Gasteiger partial charge on any atom is -0.497 e. The normalized spacial score (nSPS) is 17.5. The van der Waals surface area contributed by atoms with Crippen molar-refractivity contribution >= 4 is 28.7 Å². The maximum absolute atomic E-state index is 13.4. The molecule has 0 saturated heterocycles. The third-order valence-corrected chi connectivity index (χ3v) is 6.73. The van der Waals surface area contributed by atoms with Crippen LogP contribution in [-0.4, -0.2) is 23.4 Å². The first-order chi connectivity index (χ1) is 17.4. The molecule has 0 fully saturated rings. The summed E-state index contributed by atoms with van der Waals surface area (Å²) in [7, 11) is 3.30. The van der Waals surface area contributed by atoms with Crippen molar-refractivity contribution in [2.24, 2.45) is 7.05 Å². The molecule has 6 rings (SSSR count). The predicted molar refractivity (Wildman–Crippen MR) is 134 cm³/mol. The molecule has 0 bridgehead atoms. The molecule has 0 amide bonds. The summed E-state index contributed by atoms with van der Waals surface area (Å²) >= 11 is 0. The van der Waals surface area contributed by atoms with E-state index in [1.807, 2.05) is 42.5 Å². The van der Waals surface area contributed by atoms with Crippen molar-refractivity contribution in [3.8, 4) is 17.2 Å². The molecule has 0 N–H and O–H groups in total. The minimum absolute atomic E-state index is 0.0356. The van der Waals surface area contributed by atoms with E-state index in [0.29, 0.717) is 33.9 Å². The number of ketones is 1. The summed E-state index contributed by atoms with van der Waals surface area (Å²) in [5.74, 6) is 0.147. The number of carbonyl (C=O) groups excluding carboxylic acids is 2. The van der Waals surface area contributed by atoms with Crippen LogP contribution in [0.15, 0.2) is 77.3 Å². The van der Waals surface area contributed by atoms with E-state index in [-0.39, 0.29) is 23.5 Å². The Bertz CT molecular complexity index is 1660. The highest BCUT2D eigenvalue weighted by Crippen LogP contribution is 2.48. The van der Waals surface area contributed by atoms with Gasteiger partial charge in [-0.15, -0.1) is 0 Å². The average Bonchev–Trinajstić information content (AvgIpc) is 3.21. The molecule has 2 aliphatic heterocycles. The van der Waals surface area contributed by atoms with Gasteiger partial charge in [-0.3, -0.25) is 14.4 Å². The highest BCUT2D eigenvalue weighted by molar-refractivity contribution is 6.15. The van der Waals surface area contributed by atoms with Crippen LogP contribution in [0.4, 0.5) is 0 Å². The number of Topliss-reactive ketones (excluding diaryl/α,β-unsaturated/α-hetero) is 1. The molecule has 0 aliphatic carbocycles. The number of allylic oxidation sites excluding steroid dienone is 1. The summed E-state index contributed by atoms with van der Waals surface area (Å²) in [5.41, 5.74) is 2.70. The number of nitrogens with zero attached hydrogens (tertiary/aromatic N) is 1. The van der Waals surface area contributed by atoms with Crippen molar-refractivity contribution in [3.05, 3.63) is 105 Å². The van der Waals surface area contributed by atoms with E-state index < -0.39 is 11.9 Å². The van der Waals surface area contributed by atoms with Gasteiger partial charge in [0, 0.05) is 24.1 Å². The number of pyridine rings is 1. The molecule has 3 aromatic carbocycles. The third-order valence-electron chi connectivity index (χ3n) is 6.73. The number of hydrogen-bond acceptors (Lipinski definition) is 6. The van der Waals surface area contributed by atoms with Gasteiger partial charge in [0.2, 0.25) is 5.78 Å². The first-order valence-electron chi connectivity index (χ1n) is 11.5. The second-order valence-electron chi connectivity index (χ2n) is 8.82. The SMILES string of the molecule is COc1ccc(/C=C2\Oc3c(ccc4c3C(c3cc5ccccc5n(C)c3=O)CC(=O)O4)C2=O)cc1. The molecule has 0 radical (unpaired) electrons. The lowest BCUT2D eigenvalue weighted by atomic mass is 9.84. The van der Waals surface area contributed by atoms with Crippen molar-refractivity contribution in [3.63, 3.8) is 0 Å². The zero-order valence-electron chi connectivity index (χ0n) is 19.6. The number of aryl methyl sites for hydroxylation is 1. The topological polar surface area (TPSA) is 83.8 Å². The van der Waals surface area contributed by atoms with Gasteiger partial charge >= 0.3 is 5.97 Å². The molecule has 0 spiro atoms. The maximum atomic E-state index is 13.4. The number of aromatic nitrogens is 1. The van der Waals surface area contributed by atoms with Crippen LogP contribution in [0.5, 0.6) is 17.2 Å². The number of carbonyl (C=O) groups is 2. The van der Waals surface area contributed by atoms with E-state index >= 15 is 0 Å². The first kappa shape index (κ1) is 21.9. The van der Waals surface area contributed by atoms with Gasteiger partial charge in [-0.2, -0.15) is 0 Å². The van der Waals surface area contributed by atoms with E-state index in [4.69, 9.17) is 14.2 Å². The number of fused-ring (bicyclic) bond motifs is 4. The van der Waals surface area contributed by atoms with Gasteiger partial charge in [0.25, 0.3) is 5.56 Å². The Morgan fingerprint density at radius 2 is 1.75 bits per heavy atom. The van der Waals surface area contributed by atoms with Crippen molar-refractivity contribution in [1.29, 1.82) is 0 Å². The van der Waals surface area contributed by atoms with Gasteiger partial charge in [-0.05, 0) is 53.4 Å². The fraction of sp³-hybridized carbons (Fsp3) is 0.138. The van der Waals surface area contributed by atoms with E-state index in [9.17, 15) is 14.4 Å². The van der Waals surface area contributed by atoms with Gasteiger partial charge in [0.1, 0.15) is 17.2 Å². The summed E-state index contributed by atoms with van der Waals surface area (Å²) < 4.78 is 18.4. The summed E-state index contributed by atoms with van der Waals surface area (Å²) in [6.07, 6.45) is 1.62. The summed E-state index contributed by atoms with van der Waals surface area (Å²) in [6, 6.07) is 19.8. The van der Waals surface area contributed by atoms with Crippen LogP contribution in [0.2, 0.25) is 0 Å². The largest absolute Gasteiger partial charge is 0.497 e. The standard InChI is InChI=1S/C29H21NO6/c1-30-22-6-4-3-5-17(22)14-21(29(30)33)20-15-25(31)35-23-12-11-19-27(32)24(36-28(19)26(20)23)13-16-7-9-18(34-2)10-8-16/h3-14,20H,15H2,1-2H3/b24-13-. The van der Waals surface area contributed by atoms with Gasteiger partial charge in [-0.1, -0.05) is 30.3 Å². The number of rotatable bonds is 3. The van der Waals surface area contributed by atoms with Crippen LogP contribution >= 0.6 is 0 Å². The number of ether oxygens (including phenoxy) is 3. The van der Waals surface area contributed by atoms with Crippen LogP contribution in [0, 0.1) is 0 Å². The summed E-state index contributed by atoms with van der Waals surface area (Å²) in [4.78, 5) is 39.2.